The van der Waals surface area contributed by atoms with Crippen molar-refractivity contribution < 1.29 is 14.7 Å². The molecular weight excluding hydrogens is 170 g/mol. The average molecular weight is 185 g/mol. The summed E-state index contributed by atoms with van der Waals surface area (Å²) >= 11 is 0. The number of carbonyl (C=O) groups is 2. The number of ketones is 1. The van der Waals surface area contributed by atoms with Gasteiger partial charge in [-0.1, -0.05) is 6.08 Å². The van der Waals surface area contributed by atoms with Crippen molar-refractivity contribution >= 4 is 11.8 Å². The molecular formula is C9H15NO3. The van der Waals surface area contributed by atoms with E-state index in [1.165, 1.54) is 6.08 Å². The molecule has 0 rings (SSSR count). The van der Waals surface area contributed by atoms with Gasteiger partial charge < -0.3 is 10.8 Å². The number of nitrogens with two attached hydrogens (primary N) is 1. The summed E-state index contributed by atoms with van der Waals surface area (Å²) in [5.74, 6) is -2.36. The molecule has 0 aromatic carbocycles. The normalized spacial score (nSPS) is 13.1. The van der Waals surface area contributed by atoms with Gasteiger partial charge in [-0.25, -0.2) is 0 Å². The molecule has 4 heteroatoms. The maximum atomic E-state index is 11.2. The van der Waals surface area contributed by atoms with Crippen LogP contribution in [-0.4, -0.2) is 23.4 Å². The summed E-state index contributed by atoms with van der Waals surface area (Å²) in [5.41, 5.74) is 5.23. The Kier molecular flexibility index (Phi) is 5.80. The van der Waals surface area contributed by atoms with Gasteiger partial charge in [0.15, 0.2) is 5.78 Å². The van der Waals surface area contributed by atoms with E-state index in [1.54, 1.807) is 13.0 Å². The lowest BCUT2D eigenvalue weighted by atomic mass is 9.98. The number of aliphatic carboxylic acids is 1. The summed E-state index contributed by atoms with van der Waals surface area (Å²) in [7, 11) is 0. The van der Waals surface area contributed by atoms with Crippen molar-refractivity contribution in [3.05, 3.63) is 12.2 Å². The first-order valence-electron chi connectivity index (χ1n) is 4.23. The topological polar surface area (TPSA) is 80.4 Å². The molecule has 0 fully saturated rings. The zero-order chi connectivity index (χ0) is 10.3. The number of rotatable bonds is 6. The molecule has 0 aliphatic carbocycles. The molecule has 0 heterocycles. The van der Waals surface area contributed by atoms with Gasteiger partial charge in [0.25, 0.3) is 0 Å². The highest BCUT2D eigenvalue weighted by Crippen LogP contribution is 2.08. The second-order valence-corrected chi connectivity index (χ2v) is 2.72. The standard InChI is InChI=1S/C9H15NO3/c1-2-4-8(11)7(9(12)13)5-3-6-10/h2,4,7H,3,5-6,10H2,1H3,(H,12,13). The minimum atomic E-state index is -1.07. The lowest BCUT2D eigenvalue weighted by Gasteiger charge is -2.06. The first kappa shape index (κ1) is 11.8. The molecule has 3 N–H and O–H groups in total. The summed E-state index contributed by atoms with van der Waals surface area (Å²) in [5, 5.41) is 8.70. The van der Waals surface area contributed by atoms with Gasteiger partial charge in [-0.15, -0.1) is 0 Å². The van der Waals surface area contributed by atoms with Crippen molar-refractivity contribution in [1.82, 2.24) is 0 Å². The Morgan fingerprint density at radius 1 is 1.54 bits per heavy atom. The summed E-state index contributed by atoms with van der Waals surface area (Å²) in [6.07, 6.45) is 3.70. The monoisotopic (exact) mass is 185 g/mol. The Balaban J connectivity index is 4.24. The molecule has 0 saturated carbocycles. The van der Waals surface area contributed by atoms with E-state index in [4.69, 9.17) is 10.8 Å². The van der Waals surface area contributed by atoms with Crippen LogP contribution in [0.25, 0.3) is 0 Å². The maximum Gasteiger partial charge on any atom is 0.314 e. The van der Waals surface area contributed by atoms with Gasteiger partial charge in [0.2, 0.25) is 0 Å². The molecule has 0 radical (unpaired) electrons. The molecule has 0 aromatic rings. The van der Waals surface area contributed by atoms with Gasteiger partial charge in [0.1, 0.15) is 5.92 Å². The van der Waals surface area contributed by atoms with Crippen LogP contribution in [0, 0.1) is 5.92 Å². The second kappa shape index (κ2) is 6.37. The molecule has 0 aliphatic rings. The van der Waals surface area contributed by atoms with Crippen molar-refractivity contribution in [3.8, 4) is 0 Å². The summed E-state index contributed by atoms with van der Waals surface area (Å²) in [4.78, 5) is 21.8. The summed E-state index contributed by atoms with van der Waals surface area (Å²) < 4.78 is 0. The van der Waals surface area contributed by atoms with Gasteiger partial charge in [0, 0.05) is 0 Å². The largest absolute Gasteiger partial charge is 0.481 e. The maximum absolute atomic E-state index is 11.2. The Labute approximate surface area is 77.4 Å². The number of hydrogen-bond acceptors (Lipinski definition) is 3. The van der Waals surface area contributed by atoms with Gasteiger partial charge in [-0.3, -0.25) is 9.59 Å². The fourth-order valence-corrected chi connectivity index (χ4v) is 0.990. The fraction of sp³-hybridized carbons (Fsp3) is 0.556. The van der Waals surface area contributed by atoms with E-state index in [0.29, 0.717) is 19.4 Å². The highest BCUT2D eigenvalue weighted by molar-refractivity contribution is 6.04. The smallest absolute Gasteiger partial charge is 0.314 e. The molecule has 0 amide bonds. The predicted molar refractivity (Wildman–Crippen MR) is 49.2 cm³/mol. The third-order valence-electron chi connectivity index (χ3n) is 1.67. The zero-order valence-corrected chi connectivity index (χ0v) is 7.69. The van der Waals surface area contributed by atoms with E-state index >= 15 is 0 Å². The SMILES string of the molecule is CC=CC(=O)C(CCCN)C(=O)O. The van der Waals surface area contributed by atoms with E-state index in [2.05, 4.69) is 0 Å². The van der Waals surface area contributed by atoms with Crippen molar-refractivity contribution in [1.29, 1.82) is 0 Å². The van der Waals surface area contributed by atoms with Gasteiger partial charge in [-0.05, 0) is 32.4 Å². The van der Waals surface area contributed by atoms with Crippen molar-refractivity contribution in [2.24, 2.45) is 11.7 Å². The van der Waals surface area contributed by atoms with Crippen LogP contribution in [-0.2, 0) is 9.59 Å². The number of allylic oxidation sites excluding steroid dienone is 2. The molecule has 74 valence electrons. The van der Waals surface area contributed by atoms with Crippen LogP contribution in [0.2, 0.25) is 0 Å². The lowest BCUT2D eigenvalue weighted by Crippen LogP contribution is -2.23. The van der Waals surface area contributed by atoms with E-state index in [9.17, 15) is 9.59 Å². The van der Waals surface area contributed by atoms with E-state index < -0.39 is 11.9 Å². The van der Waals surface area contributed by atoms with Crippen LogP contribution in [0.4, 0.5) is 0 Å². The van der Waals surface area contributed by atoms with E-state index in [0.717, 1.165) is 0 Å². The van der Waals surface area contributed by atoms with Crippen LogP contribution in [0.1, 0.15) is 19.8 Å². The molecule has 13 heavy (non-hydrogen) atoms. The Bertz CT molecular complexity index is 211. The predicted octanol–water partition coefficient (Wildman–Crippen LogP) is 0.571. The molecule has 4 nitrogen and oxygen atoms in total. The molecule has 0 bridgehead atoms. The zero-order valence-electron chi connectivity index (χ0n) is 7.69. The molecule has 0 aromatic heterocycles. The third-order valence-corrected chi connectivity index (χ3v) is 1.67. The minimum absolute atomic E-state index is 0.314. The molecule has 1 unspecified atom stereocenters. The van der Waals surface area contributed by atoms with Crippen molar-refractivity contribution in [2.75, 3.05) is 6.54 Å². The molecule has 0 spiro atoms. The second-order valence-electron chi connectivity index (χ2n) is 2.72. The third kappa shape index (κ3) is 4.42. The number of carboxylic acid groups (broad SMARTS) is 1. The number of carbonyl (C=O) groups excluding carboxylic acids is 1. The highest BCUT2D eigenvalue weighted by atomic mass is 16.4. The average Bonchev–Trinajstić information content (AvgIpc) is 2.05. The Hall–Kier alpha value is -1.16. The first-order chi connectivity index (χ1) is 6.13. The van der Waals surface area contributed by atoms with E-state index in [1.807, 2.05) is 0 Å². The van der Waals surface area contributed by atoms with E-state index in [-0.39, 0.29) is 5.78 Å². The first-order valence-corrected chi connectivity index (χ1v) is 4.23. The minimum Gasteiger partial charge on any atom is -0.481 e. The highest BCUT2D eigenvalue weighted by Gasteiger charge is 2.22. The van der Waals surface area contributed by atoms with Gasteiger partial charge >= 0.3 is 5.97 Å². The number of carboxylic acids is 1. The quantitative estimate of drug-likeness (QED) is 0.468. The van der Waals surface area contributed by atoms with Crippen LogP contribution in [0.15, 0.2) is 12.2 Å². The van der Waals surface area contributed by atoms with Crippen LogP contribution >= 0.6 is 0 Å². The molecule has 0 aliphatic heterocycles. The molecule has 0 saturated heterocycles. The Morgan fingerprint density at radius 3 is 2.54 bits per heavy atom. The summed E-state index contributed by atoms with van der Waals surface area (Å²) in [6.45, 7) is 2.09. The fourth-order valence-electron chi connectivity index (χ4n) is 0.990. The van der Waals surface area contributed by atoms with Crippen molar-refractivity contribution in [2.45, 2.75) is 19.8 Å². The van der Waals surface area contributed by atoms with Gasteiger partial charge in [0.05, 0.1) is 0 Å². The summed E-state index contributed by atoms with van der Waals surface area (Å²) in [6, 6.07) is 0. The number of hydrogen-bond donors (Lipinski definition) is 2. The van der Waals surface area contributed by atoms with Crippen LogP contribution in [0.5, 0.6) is 0 Å². The van der Waals surface area contributed by atoms with Crippen LogP contribution < -0.4 is 5.73 Å². The lowest BCUT2D eigenvalue weighted by molar-refractivity contribution is -0.145. The Morgan fingerprint density at radius 2 is 2.15 bits per heavy atom. The van der Waals surface area contributed by atoms with Gasteiger partial charge in [-0.2, -0.15) is 0 Å². The molecule has 1 atom stereocenters. The van der Waals surface area contributed by atoms with Crippen molar-refractivity contribution in [3.63, 3.8) is 0 Å². The van der Waals surface area contributed by atoms with Crippen LogP contribution in [0.3, 0.4) is 0 Å².